The first-order chi connectivity index (χ1) is 8.13. The molecule has 0 aliphatic rings. The van der Waals surface area contributed by atoms with Gasteiger partial charge in [0.05, 0.1) is 0 Å². The van der Waals surface area contributed by atoms with Crippen LogP contribution >= 0.6 is 27.5 Å². The van der Waals surface area contributed by atoms with Crippen LogP contribution in [0.4, 0.5) is 0 Å². The molecule has 0 bridgehead atoms. The van der Waals surface area contributed by atoms with Crippen LogP contribution in [0.15, 0.2) is 22.7 Å². The van der Waals surface area contributed by atoms with Gasteiger partial charge in [0, 0.05) is 22.1 Å². The fourth-order valence-electron chi connectivity index (χ4n) is 2.07. The Labute approximate surface area is 117 Å². The van der Waals surface area contributed by atoms with Gasteiger partial charge in [-0.05, 0) is 37.2 Å². The van der Waals surface area contributed by atoms with E-state index in [0.717, 1.165) is 29.0 Å². The Morgan fingerprint density at radius 3 is 2.59 bits per heavy atom. The third-order valence-corrected chi connectivity index (χ3v) is 3.82. The molecular weight excluding hydrogens is 300 g/mol. The molecule has 0 aliphatic carbocycles. The van der Waals surface area contributed by atoms with Crippen LogP contribution in [-0.4, -0.2) is 24.5 Å². The lowest BCUT2D eigenvalue weighted by Gasteiger charge is -2.30. The van der Waals surface area contributed by atoms with Crippen molar-refractivity contribution < 1.29 is 0 Å². The zero-order valence-corrected chi connectivity index (χ0v) is 12.8. The first kappa shape index (κ1) is 15.0. The number of hydrogen-bond acceptors (Lipinski definition) is 2. The summed E-state index contributed by atoms with van der Waals surface area (Å²) in [5.41, 5.74) is 7.14. The summed E-state index contributed by atoms with van der Waals surface area (Å²) in [4.78, 5) is 2.40. The largest absolute Gasteiger partial charge is 0.329 e. The molecule has 0 fully saturated rings. The SMILES string of the molecule is CCCN(CC)C(CN)c1ccc(Cl)cc1Br. The summed E-state index contributed by atoms with van der Waals surface area (Å²) in [5.74, 6) is 0. The zero-order chi connectivity index (χ0) is 12.8. The van der Waals surface area contributed by atoms with Crippen LogP contribution in [0.3, 0.4) is 0 Å². The number of likely N-dealkylation sites (N-methyl/N-ethyl adjacent to an activating group) is 1. The second-order valence-electron chi connectivity index (χ2n) is 4.05. The van der Waals surface area contributed by atoms with Crippen LogP contribution in [-0.2, 0) is 0 Å². The van der Waals surface area contributed by atoms with Gasteiger partial charge in [-0.25, -0.2) is 0 Å². The van der Waals surface area contributed by atoms with Crippen molar-refractivity contribution >= 4 is 27.5 Å². The van der Waals surface area contributed by atoms with Gasteiger partial charge < -0.3 is 5.73 Å². The minimum atomic E-state index is 0.256. The maximum absolute atomic E-state index is 5.96. The molecule has 1 rings (SSSR count). The molecule has 0 aliphatic heterocycles. The molecular formula is C13H20BrClN2. The van der Waals surface area contributed by atoms with Crippen molar-refractivity contribution in [3.63, 3.8) is 0 Å². The van der Waals surface area contributed by atoms with E-state index in [0.29, 0.717) is 6.54 Å². The maximum atomic E-state index is 5.96. The van der Waals surface area contributed by atoms with Gasteiger partial charge in [-0.3, -0.25) is 4.90 Å². The molecule has 0 saturated heterocycles. The molecule has 17 heavy (non-hydrogen) atoms. The number of nitrogens with two attached hydrogens (primary N) is 1. The summed E-state index contributed by atoms with van der Waals surface area (Å²) >= 11 is 9.54. The summed E-state index contributed by atoms with van der Waals surface area (Å²) in [6.07, 6.45) is 1.13. The van der Waals surface area contributed by atoms with E-state index in [1.165, 1.54) is 5.56 Å². The highest BCUT2D eigenvalue weighted by Crippen LogP contribution is 2.29. The Morgan fingerprint density at radius 1 is 1.41 bits per heavy atom. The quantitative estimate of drug-likeness (QED) is 0.863. The number of rotatable bonds is 6. The fraction of sp³-hybridized carbons (Fsp3) is 0.538. The van der Waals surface area contributed by atoms with Crippen molar-refractivity contribution in [2.75, 3.05) is 19.6 Å². The monoisotopic (exact) mass is 318 g/mol. The van der Waals surface area contributed by atoms with Gasteiger partial charge in [0.25, 0.3) is 0 Å². The smallest absolute Gasteiger partial charge is 0.0481 e. The van der Waals surface area contributed by atoms with Crippen molar-refractivity contribution in [3.8, 4) is 0 Å². The van der Waals surface area contributed by atoms with E-state index in [-0.39, 0.29) is 6.04 Å². The molecule has 2 nitrogen and oxygen atoms in total. The van der Waals surface area contributed by atoms with Crippen LogP contribution < -0.4 is 5.73 Å². The molecule has 0 aromatic heterocycles. The Hall–Kier alpha value is -0.0900. The number of benzene rings is 1. The van der Waals surface area contributed by atoms with Gasteiger partial charge in [0.2, 0.25) is 0 Å². The van der Waals surface area contributed by atoms with Crippen molar-refractivity contribution in [2.45, 2.75) is 26.3 Å². The first-order valence-corrected chi connectivity index (χ1v) is 7.20. The number of halogens is 2. The fourth-order valence-corrected chi connectivity index (χ4v) is 3.01. The van der Waals surface area contributed by atoms with Gasteiger partial charge >= 0.3 is 0 Å². The third-order valence-electron chi connectivity index (χ3n) is 2.90. The Bertz CT molecular complexity index is 357. The third kappa shape index (κ3) is 3.95. The van der Waals surface area contributed by atoms with Gasteiger partial charge in [0.1, 0.15) is 0 Å². The Balaban J connectivity index is 2.99. The molecule has 1 atom stereocenters. The number of hydrogen-bond donors (Lipinski definition) is 1. The summed E-state index contributed by atoms with van der Waals surface area (Å²) in [5, 5.41) is 0.745. The van der Waals surface area contributed by atoms with Crippen molar-refractivity contribution in [3.05, 3.63) is 33.3 Å². The van der Waals surface area contributed by atoms with Gasteiger partial charge in [-0.15, -0.1) is 0 Å². The van der Waals surface area contributed by atoms with E-state index in [1.54, 1.807) is 0 Å². The predicted octanol–water partition coefficient (Wildman–Crippen LogP) is 3.83. The molecule has 0 spiro atoms. The summed E-state index contributed by atoms with van der Waals surface area (Å²) in [7, 11) is 0. The molecule has 0 radical (unpaired) electrons. The molecule has 96 valence electrons. The maximum Gasteiger partial charge on any atom is 0.0481 e. The predicted molar refractivity (Wildman–Crippen MR) is 78.5 cm³/mol. The second kappa shape index (κ2) is 7.37. The summed E-state index contributed by atoms with van der Waals surface area (Å²) < 4.78 is 1.04. The molecule has 0 amide bonds. The highest BCUT2D eigenvalue weighted by molar-refractivity contribution is 9.10. The van der Waals surface area contributed by atoms with Crippen LogP contribution in [0, 0.1) is 0 Å². The Kier molecular flexibility index (Phi) is 6.49. The van der Waals surface area contributed by atoms with E-state index in [2.05, 4.69) is 40.7 Å². The average molecular weight is 320 g/mol. The van der Waals surface area contributed by atoms with Crippen LogP contribution in [0.5, 0.6) is 0 Å². The van der Waals surface area contributed by atoms with Crippen molar-refractivity contribution in [1.82, 2.24) is 4.90 Å². The van der Waals surface area contributed by atoms with Gasteiger partial charge in [0.15, 0.2) is 0 Å². The van der Waals surface area contributed by atoms with Crippen molar-refractivity contribution in [2.24, 2.45) is 5.73 Å². The second-order valence-corrected chi connectivity index (χ2v) is 5.34. The van der Waals surface area contributed by atoms with Gasteiger partial charge in [-0.2, -0.15) is 0 Å². The molecule has 1 aromatic carbocycles. The van der Waals surface area contributed by atoms with E-state index in [1.807, 2.05) is 12.1 Å². The van der Waals surface area contributed by atoms with Gasteiger partial charge in [-0.1, -0.05) is 47.4 Å². The summed E-state index contributed by atoms with van der Waals surface area (Å²) in [6.45, 7) is 7.04. The number of nitrogens with zero attached hydrogens (tertiary/aromatic N) is 1. The van der Waals surface area contributed by atoms with E-state index in [4.69, 9.17) is 17.3 Å². The first-order valence-electron chi connectivity index (χ1n) is 6.03. The molecule has 2 N–H and O–H groups in total. The zero-order valence-electron chi connectivity index (χ0n) is 10.4. The highest BCUT2D eigenvalue weighted by atomic mass is 79.9. The summed E-state index contributed by atoms with van der Waals surface area (Å²) in [6, 6.07) is 6.16. The van der Waals surface area contributed by atoms with E-state index >= 15 is 0 Å². The minimum absolute atomic E-state index is 0.256. The van der Waals surface area contributed by atoms with Crippen LogP contribution in [0.25, 0.3) is 0 Å². The van der Waals surface area contributed by atoms with Crippen LogP contribution in [0.1, 0.15) is 31.9 Å². The highest BCUT2D eigenvalue weighted by Gasteiger charge is 2.19. The molecule has 0 saturated carbocycles. The molecule has 1 unspecified atom stereocenters. The lowest BCUT2D eigenvalue weighted by Crippen LogP contribution is -2.34. The lowest BCUT2D eigenvalue weighted by molar-refractivity contribution is 0.212. The topological polar surface area (TPSA) is 29.3 Å². The van der Waals surface area contributed by atoms with E-state index < -0.39 is 0 Å². The molecule has 0 heterocycles. The standard InChI is InChI=1S/C13H20BrClN2/c1-3-7-17(4-2)13(9-16)11-6-5-10(15)8-12(11)14/h5-6,8,13H,3-4,7,9,16H2,1-2H3. The molecule has 1 aromatic rings. The van der Waals surface area contributed by atoms with Crippen LogP contribution in [0.2, 0.25) is 5.02 Å². The molecule has 4 heteroatoms. The minimum Gasteiger partial charge on any atom is -0.329 e. The van der Waals surface area contributed by atoms with E-state index in [9.17, 15) is 0 Å². The Morgan fingerprint density at radius 2 is 2.12 bits per heavy atom. The average Bonchev–Trinajstić information content (AvgIpc) is 2.31. The van der Waals surface area contributed by atoms with Crippen molar-refractivity contribution in [1.29, 1.82) is 0 Å². The lowest BCUT2D eigenvalue weighted by atomic mass is 10.1. The normalized spacial score (nSPS) is 13.1.